The molecule has 0 bridgehead atoms. The van der Waals surface area contributed by atoms with Crippen molar-refractivity contribution >= 4 is 68.7 Å². The summed E-state index contributed by atoms with van der Waals surface area (Å²) in [4.78, 5) is 66.4. The molecule has 15 rings (SSSR count). The zero-order valence-corrected chi connectivity index (χ0v) is 50.7. The fourth-order valence-electron chi connectivity index (χ4n) is 11.8. The molecular formula is C60H63F3N18O3S3. The number of ether oxygens (including phenoxy) is 3. The molecule has 15 heterocycles. The van der Waals surface area contributed by atoms with E-state index >= 15 is 0 Å². The molecule has 3 unspecified atom stereocenters. The third-order valence-corrected chi connectivity index (χ3v) is 18.2. The van der Waals surface area contributed by atoms with Gasteiger partial charge in [0.2, 0.25) is 11.9 Å². The van der Waals surface area contributed by atoms with Crippen LogP contribution in [0.25, 0.3) is 34.6 Å². The highest BCUT2D eigenvalue weighted by atomic mass is 32.1. The second-order valence-electron chi connectivity index (χ2n) is 21.6. The molecule has 6 aliphatic rings. The number of rotatable bonds is 9. The summed E-state index contributed by atoms with van der Waals surface area (Å²) in [6.07, 6.45) is 7.91. The monoisotopic (exact) mass is 1240 g/mol. The maximum Gasteiger partial charge on any atom is 0.216 e. The predicted molar refractivity (Wildman–Crippen MR) is 329 cm³/mol. The maximum atomic E-state index is 14.4. The van der Waals surface area contributed by atoms with Gasteiger partial charge in [-0.3, -0.25) is 0 Å². The van der Waals surface area contributed by atoms with Crippen LogP contribution >= 0.6 is 34.0 Å². The van der Waals surface area contributed by atoms with E-state index in [1.165, 1.54) is 58.3 Å². The lowest BCUT2D eigenvalue weighted by Gasteiger charge is -2.37. The topological polar surface area (TPSA) is 202 Å². The number of morpholine rings is 3. The lowest BCUT2D eigenvalue weighted by atomic mass is 9.99. The summed E-state index contributed by atoms with van der Waals surface area (Å²) < 4.78 is 59.3. The van der Waals surface area contributed by atoms with Crippen LogP contribution < -0.4 is 29.4 Å². The Labute approximate surface area is 513 Å². The molecule has 9 aromatic rings. The Balaban J connectivity index is 0.000000121. The van der Waals surface area contributed by atoms with Crippen LogP contribution in [0.5, 0.6) is 0 Å². The number of nitrogens with zero attached hydrogens (tertiary/aromatic N) is 18. The van der Waals surface area contributed by atoms with Gasteiger partial charge in [-0.25, -0.2) is 64.2 Å². The van der Waals surface area contributed by atoms with E-state index in [4.69, 9.17) is 34.1 Å². The van der Waals surface area contributed by atoms with E-state index in [2.05, 4.69) is 90.0 Å². The van der Waals surface area contributed by atoms with Crippen molar-refractivity contribution in [2.24, 2.45) is 0 Å². The van der Waals surface area contributed by atoms with E-state index in [9.17, 15) is 13.2 Å². The van der Waals surface area contributed by atoms with Gasteiger partial charge in [0.1, 0.15) is 46.2 Å². The summed E-state index contributed by atoms with van der Waals surface area (Å²) in [5.74, 6) is 3.40. The maximum absolute atomic E-state index is 14.4. The van der Waals surface area contributed by atoms with Gasteiger partial charge in [-0.05, 0) is 20.8 Å². The van der Waals surface area contributed by atoms with Crippen LogP contribution in [0.2, 0.25) is 0 Å². The van der Waals surface area contributed by atoms with Crippen LogP contribution in [-0.2, 0) is 33.5 Å². The van der Waals surface area contributed by atoms with E-state index in [0.717, 1.165) is 140 Å². The zero-order chi connectivity index (χ0) is 59.4. The highest BCUT2D eigenvalue weighted by Crippen LogP contribution is 2.38. The van der Waals surface area contributed by atoms with Crippen molar-refractivity contribution in [1.82, 2.24) is 59.8 Å². The lowest BCUT2D eigenvalue weighted by Crippen LogP contribution is -2.38. The number of thiazole rings is 3. The summed E-state index contributed by atoms with van der Waals surface area (Å²) in [7, 11) is 0. The van der Waals surface area contributed by atoms with E-state index in [0.29, 0.717) is 80.4 Å². The highest BCUT2D eigenvalue weighted by Gasteiger charge is 2.32. The summed E-state index contributed by atoms with van der Waals surface area (Å²) in [6, 6.07) is 10.0. The van der Waals surface area contributed by atoms with Crippen molar-refractivity contribution in [3.05, 3.63) is 139 Å². The van der Waals surface area contributed by atoms with E-state index in [-0.39, 0.29) is 23.9 Å². The van der Waals surface area contributed by atoms with Gasteiger partial charge >= 0.3 is 0 Å². The quantitative estimate of drug-likeness (QED) is 0.124. The average Bonchev–Trinajstić information content (AvgIpc) is 3.71. The van der Waals surface area contributed by atoms with Crippen molar-refractivity contribution in [2.75, 3.05) is 128 Å². The lowest BCUT2D eigenvalue weighted by molar-refractivity contribution is 0.122. The number of anilines is 6. The average molecular weight is 1240 g/mol. The number of hydrogen-bond donors (Lipinski definition) is 0. The zero-order valence-electron chi connectivity index (χ0n) is 48.3. The largest absolute Gasteiger partial charge is 0.378 e. The molecule has 27 heteroatoms. The van der Waals surface area contributed by atoms with Crippen LogP contribution in [0, 0.1) is 17.7 Å². The number of fused-ring (bicyclic) bond motifs is 3. The Morgan fingerprint density at radius 3 is 1.21 bits per heavy atom. The van der Waals surface area contributed by atoms with Crippen molar-refractivity contribution in [1.29, 1.82) is 0 Å². The minimum Gasteiger partial charge on any atom is -0.378 e. The Hall–Kier alpha value is -7.95. The van der Waals surface area contributed by atoms with Crippen LogP contribution in [-0.4, -0.2) is 158 Å². The van der Waals surface area contributed by atoms with Crippen molar-refractivity contribution < 1.29 is 27.4 Å². The molecule has 0 radical (unpaired) electrons. The third-order valence-electron chi connectivity index (χ3n) is 16.5. The van der Waals surface area contributed by atoms with E-state index < -0.39 is 11.9 Å². The van der Waals surface area contributed by atoms with E-state index in [1.807, 2.05) is 46.9 Å². The second kappa shape index (κ2) is 26.2. The molecule has 0 N–H and O–H groups in total. The van der Waals surface area contributed by atoms with Crippen molar-refractivity contribution in [3.8, 4) is 34.6 Å². The summed E-state index contributed by atoms with van der Waals surface area (Å²) in [5, 5.41) is 5.85. The smallest absolute Gasteiger partial charge is 0.216 e. The molecule has 3 atom stereocenters. The van der Waals surface area contributed by atoms with E-state index in [1.54, 1.807) is 16.5 Å². The molecule has 3 fully saturated rings. The molecule has 0 amide bonds. The third kappa shape index (κ3) is 12.9. The van der Waals surface area contributed by atoms with Crippen molar-refractivity contribution in [3.63, 3.8) is 0 Å². The van der Waals surface area contributed by atoms with Gasteiger partial charge in [-0.15, -0.1) is 34.0 Å². The van der Waals surface area contributed by atoms with Crippen molar-refractivity contribution in [2.45, 2.75) is 58.2 Å². The molecular weight excluding hydrogens is 1170 g/mol. The summed E-state index contributed by atoms with van der Waals surface area (Å²) in [5.41, 5.74) is 15.7. The van der Waals surface area contributed by atoms with Crippen LogP contribution in [0.4, 0.5) is 47.8 Å². The molecule has 0 aromatic carbocycles. The first-order chi connectivity index (χ1) is 42.6. The number of halogens is 3. The summed E-state index contributed by atoms with van der Waals surface area (Å²) >= 11 is 4.59. The molecule has 0 saturated carbocycles. The van der Waals surface area contributed by atoms with Gasteiger partial charge in [-0.2, -0.15) is 8.78 Å². The predicted octanol–water partition coefficient (Wildman–Crippen LogP) is 9.28. The Morgan fingerprint density at radius 2 is 0.759 bits per heavy atom. The second-order valence-corrected chi connectivity index (χ2v) is 23.7. The number of pyridine rings is 3. The fourth-order valence-corrected chi connectivity index (χ4v) is 13.4. The van der Waals surface area contributed by atoms with Crippen LogP contribution in [0.15, 0.2) is 87.7 Å². The summed E-state index contributed by atoms with van der Waals surface area (Å²) in [6.45, 7) is 16.8. The molecule has 0 aliphatic carbocycles. The Morgan fingerprint density at radius 1 is 0.391 bits per heavy atom. The highest BCUT2D eigenvalue weighted by molar-refractivity contribution is 7.08. The van der Waals surface area contributed by atoms with Gasteiger partial charge in [0.05, 0.1) is 91.4 Å². The van der Waals surface area contributed by atoms with Gasteiger partial charge in [0.25, 0.3) is 0 Å². The number of hydrogen-bond acceptors (Lipinski definition) is 24. The molecule has 87 heavy (non-hydrogen) atoms. The first-order valence-electron chi connectivity index (χ1n) is 29.1. The SMILES string of the molecule is CC1c2cnc(-c3cscn3)nc2CCN1c1cc(F)cc(N2CCOCC2)n1.CC1c2cnc(-c3cscn3)nc2CCN1c1cc(F)nc(N2CCOCC2)c1.CC1c2cnc(-c3cscn3)nc2CCN1c1cc(N2CCOCC2)cc(F)n1. The standard InChI is InChI=1S/3C20H21FN6OS/c1-13-15-10-22-20(17-11-29-12-23-17)24-16(15)2-3-27(13)14-8-18(21)25-19(9-14)26-4-6-28-7-5-26;1-13-15-10-22-20(17-11-29-12-23-17)24-16(15)2-3-27(13)19-9-14(8-18(21)25-19)26-4-6-28-7-5-26;1-13-15-10-22-20(17-11-29-12-23-17)24-16(15)2-3-27(13)19-9-14(21)8-18(25-19)26-4-6-28-7-5-26/h3*8-13H,2-7H2,1H3. The molecule has 0 spiro atoms. The minimum atomic E-state index is -0.461. The molecule has 6 aliphatic heterocycles. The van der Waals surface area contributed by atoms with Gasteiger partial charge < -0.3 is 43.6 Å². The first-order valence-corrected chi connectivity index (χ1v) is 31.9. The fraction of sp³-hybridized carbons (Fsp3) is 0.400. The number of aromatic nitrogens is 12. The van der Waals surface area contributed by atoms with Crippen LogP contribution in [0.1, 0.15) is 72.7 Å². The minimum absolute atomic E-state index is 0.00933. The van der Waals surface area contributed by atoms with Crippen LogP contribution in [0.3, 0.4) is 0 Å². The molecule has 3 saturated heterocycles. The Kier molecular flexibility index (Phi) is 17.5. The molecule has 450 valence electrons. The Bertz CT molecular complexity index is 3410. The molecule has 9 aromatic heterocycles. The first kappa shape index (κ1) is 58.1. The normalized spacial score (nSPS) is 19.3. The van der Waals surface area contributed by atoms with Gasteiger partial charge in [0.15, 0.2) is 17.5 Å². The molecule has 21 nitrogen and oxygen atoms in total. The van der Waals surface area contributed by atoms with Gasteiger partial charge in [-0.1, -0.05) is 0 Å². The van der Waals surface area contributed by atoms with Gasteiger partial charge in [0, 0.05) is 177 Å².